The highest BCUT2D eigenvalue weighted by Gasteiger charge is 2.18. The fourth-order valence-electron chi connectivity index (χ4n) is 7.39. The van der Waals surface area contributed by atoms with Gasteiger partial charge in [0.05, 0.1) is 25.4 Å². The Balaban J connectivity index is 3.49. The van der Waals surface area contributed by atoms with Gasteiger partial charge in [0.15, 0.2) is 0 Å². The molecule has 0 aromatic heterocycles. The van der Waals surface area contributed by atoms with Crippen LogP contribution in [0.3, 0.4) is 0 Å². The number of hydrogen-bond acceptors (Lipinski definition) is 5. The van der Waals surface area contributed by atoms with Crippen molar-refractivity contribution in [2.45, 2.75) is 270 Å². The summed E-state index contributed by atoms with van der Waals surface area (Å²) in [5.41, 5.74) is 0. The summed E-state index contributed by atoms with van der Waals surface area (Å²) in [6.07, 6.45) is 53.1. The average molecular weight is 790 g/mol. The molecule has 0 fully saturated rings. The number of carbonyl (C=O) groups is 2. The number of amides is 1. The first-order chi connectivity index (χ1) is 27.5. The molecular formula is C50H95NO5. The van der Waals surface area contributed by atoms with E-state index >= 15 is 0 Å². The van der Waals surface area contributed by atoms with E-state index in [0.717, 1.165) is 57.8 Å². The first-order valence-electron chi connectivity index (χ1n) is 24.6. The fraction of sp³-hybridized carbons (Fsp3) is 0.880. The number of carbonyl (C=O) groups excluding carboxylic acids is 2. The van der Waals surface area contributed by atoms with Crippen molar-refractivity contribution < 1.29 is 24.5 Å². The molecule has 0 aliphatic rings. The Bertz CT molecular complexity index is 874. The zero-order chi connectivity index (χ0) is 40.8. The van der Waals surface area contributed by atoms with Crippen molar-refractivity contribution in [2.24, 2.45) is 0 Å². The predicted molar refractivity (Wildman–Crippen MR) is 241 cm³/mol. The summed E-state index contributed by atoms with van der Waals surface area (Å²) in [6, 6.07) is -0.636. The minimum atomic E-state index is -0.851. The summed E-state index contributed by atoms with van der Waals surface area (Å²) in [6.45, 7) is 4.84. The quantitative estimate of drug-likeness (QED) is 0.0324. The van der Waals surface area contributed by atoms with Gasteiger partial charge in [-0.1, -0.05) is 212 Å². The summed E-state index contributed by atoms with van der Waals surface area (Å²) >= 11 is 0. The van der Waals surface area contributed by atoms with Crippen LogP contribution >= 0.6 is 0 Å². The van der Waals surface area contributed by atoms with E-state index in [9.17, 15) is 19.8 Å². The summed E-state index contributed by atoms with van der Waals surface area (Å²) in [5, 5.41) is 23.0. The maximum atomic E-state index is 12.4. The lowest BCUT2D eigenvalue weighted by molar-refractivity contribution is -0.143. The van der Waals surface area contributed by atoms with Gasteiger partial charge in [0.2, 0.25) is 5.91 Å². The number of nitrogens with one attached hydrogen (secondary N) is 1. The minimum absolute atomic E-state index is 0.0166. The first-order valence-corrected chi connectivity index (χ1v) is 24.6. The molecule has 0 saturated heterocycles. The molecule has 0 saturated carbocycles. The van der Waals surface area contributed by atoms with Gasteiger partial charge >= 0.3 is 5.97 Å². The Hall–Kier alpha value is -1.66. The minimum Gasteiger partial charge on any atom is -0.466 e. The average Bonchev–Trinajstić information content (AvgIpc) is 3.20. The smallest absolute Gasteiger partial charge is 0.305 e. The Morgan fingerprint density at radius 2 is 0.839 bits per heavy atom. The molecule has 1 amide bonds. The molecule has 56 heavy (non-hydrogen) atoms. The van der Waals surface area contributed by atoms with E-state index in [1.165, 1.54) is 173 Å². The molecule has 0 aromatic carbocycles. The predicted octanol–water partition coefficient (Wildman–Crippen LogP) is 14.3. The normalized spacial score (nSPS) is 12.9. The Morgan fingerprint density at radius 3 is 1.29 bits per heavy atom. The van der Waals surface area contributed by atoms with Gasteiger partial charge in [0.25, 0.3) is 0 Å². The third-order valence-electron chi connectivity index (χ3n) is 11.2. The molecule has 6 nitrogen and oxygen atoms in total. The van der Waals surface area contributed by atoms with Crippen LogP contribution in [0.2, 0.25) is 0 Å². The van der Waals surface area contributed by atoms with Crippen molar-refractivity contribution in [3.8, 4) is 0 Å². The summed E-state index contributed by atoms with van der Waals surface area (Å²) in [5.74, 6) is -0.0985. The van der Waals surface area contributed by atoms with Gasteiger partial charge in [-0.2, -0.15) is 0 Å². The third kappa shape index (κ3) is 42.0. The molecule has 3 N–H and O–H groups in total. The monoisotopic (exact) mass is 790 g/mol. The van der Waals surface area contributed by atoms with Crippen LogP contribution in [0.5, 0.6) is 0 Å². The molecule has 6 heteroatoms. The summed E-state index contributed by atoms with van der Waals surface area (Å²) in [4.78, 5) is 24.4. The molecule has 2 atom stereocenters. The lowest BCUT2D eigenvalue weighted by atomic mass is 10.0. The van der Waals surface area contributed by atoms with E-state index in [1.807, 2.05) is 6.08 Å². The molecule has 0 aliphatic carbocycles. The zero-order valence-corrected chi connectivity index (χ0v) is 37.4. The van der Waals surface area contributed by atoms with Crippen LogP contribution in [0.25, 0.3) is 0 Å². The lowest BCUT2D eigenvalue weighted by Gasteiger charge is -2.20. The maximum absolute atomic E-state index is 12.4. The molecule has 0 rings (SSSR count). The summed E-state index contributed by atoms with van der Waals surface area (Å²) < 4.78 is 5.45. The van der Waals surface area contributed by atoms with Crippen LogP contribution in [-0.4, -0.2) is 47.4 Å². The molecule has 0 spiro atoms. The second-order valence-electron chi connectivity index (χ2n) is 16.8. The van der Waals surface area contributed by atoms with E-state index < -0.39 is 12.1 Å². The standard InChI is InChI=1S/C50H95NO5/c1-3-5-7-9-11-13-15-18-22-26-30-34-38-42-48(53)47(46-52)51-49(54)43-39-35-31-27-23-20-17-21-25-29-33-37-41-45-56-50(55)44-40-36-32-28-24-19-16-14-12-10-8-6-4-2/h14,16,38,42,47-48,52-53H,3-13,15,17-37,39-41,43-46H2,1-2H3,(H,51,54)/b16-14-,42-38+. The highest BCUT2D eigenvalue weighted by atomic mass is 16.5. The largest absolute Gasteiger partial charge is 0.466 e. The van der Waals surface area contributed by atoms with Gasteiger partial charge in [-0.15, -0.1) is 0 Å². The number of allylic oxidation sites excluding steroid dienone is 3. The molecule has 330 valence electrons. The molecule has 2 unspecified atom stereocenters. The van der Waals surface area contributed by atoms with Crippen LogP contribution in [0, 0.1) is 0 Å². The zero-order valence-electron chi connectivity index (χ0n) is 37.4. The molecule has 0 heterocycles. The molecule has 0 aliphatic heterocycles. The highest BCUT2D eigenvalue weighted by Crippen LogP contribution is 2.15. The highest BCUT2D eigenvalue weighted by molar-refractivity contribution is 5.76. The van der Waals surface area contributed by atoms with E-state index in [-0.39, 0.29) is 18.5 Å². The van der Waals surface area contributed by atoms with E-state index in [1.54, 1.807) is 6.08 Å². The third-order valence-corrected chi connectivity index (χ3v) is 11.2. The first kappa shape index (κ1) is 54.3. The van der Waals surface area contributed by atoms with Crippen molar-refractivity contribution in [2.75, 3.05) is 13.2 Å². The van der Waals surface area contributed by atoms with Gasteiger partial charge < -0.3 is 20.3 Å². The second kappa shape index (κ2) is 46.0. The number of hydrogen-bond donors (Lipinski definition) is 3. The number of esters is 1. The van der Waals surface area contributed by atoms with Crippen molar-refractivity contribution in [3.63, 3.8) is 0 Å². The van der Waals surface area contributed by atoms with Gasteiger partial charge in [-0.25, -0.2) is 0 Å². The number of rotatable bonds is 45. The van der Waals surface area contributed by atoms with Crippen LogP contribution in [-0.2, 0) is 14.3 Å². The fourth-order valence-corrected chi connectivity index (χ4v) is 7.39. The van der Waals surface area contributed by atoms with Gasteiger partial charge in [-0.3, -0.25) is 9.59 Å². The number of aliphatic hydroxyl groups excluding tert-OH is 2. The van der Waals surface area contributed by atoms with Gasteiger partial charge in [-0.05, 0) is 57.8 Å². The van der Waals surface area contributed by atoms with Crippen molar-refractivity contribution in [3.05, 3.63) is 24.3 Å². The van der Waals surface area contributed by atoms with Crippen LogP contribution in [0.15, 0.2) is 24.3 Å². The number of ether oxygens (including phenoxy) is 1. The summed E-state index contributed by atoms with van der Waals surface area (Å²) in [7, 11) is 0. The van der Waals surface area contributed by atoms with Crippen LogP contribution < -0.4 is 5.32 Å². The Kier molecular flexibility index (Phi) is 44.7. The van der Waals surface area contributed by atoms with Crippen molar-refractivity contribution in [1.29, 1.82) is 0 Å². The molecular weight excluding hydrogens is 695 g/mol. The molecule has 0 aromatic rings. The molecule has 0 bridgehead atoms. The Labute approximate surface area is 348 Å². The van der Waals surface area contributed by atoms with Crippen molar-refractivity contribution >= 4 is 11.9 Å². The number of aliphatic hydroxyl groups is 2. The maximum Gasteiger partial charge on any atom is 0.305 e. The van der Waals surface area contributed by atoms with Gasteiger partial charge in [0.1, 0.15) is 0 Å². The lowest BCUT2D eigenvalue weighted by Crippen LogP contribution is -2.45. The number of unbranched alkanes of at least 4 members (excludes halogenated alkanes) is 32. The van der Waals surface area contributed by atoms with Crippen LogP contribution in [0.4, 0.5) is 0 Å². The topological polar surface area (TPSA) is 95.9 Å². The molecule has 0 radical (unpaired) electrons. The van der Waals surface area contributed by atoms with Gasteiger partial charge in [0, 0.05) is 12.8 Å². The Morgan fingerprint density at radius 1 is 0.482 bits per heavy atom. The van der Waals surface area contributed by atoms with E-state index in [2.05, 4.69) is 31.3 Å². The van der Waals surface area contributed by atoms with Crippen molar-refractivity contribution in [1.82, 2.24) is 5.32 Å². The van der Waals surface area contributed by atoms with E-state index in [0.29, 0.717) is 19.4 Å². The SMILES string of the molecule is CCCCCC/C=C\CCCCCCCC(=O)OCCCCCCCCCCCCCCCC(=O)NC(CO)C(O)/C=C/CCCCCCCCCCCCC. The van der Waals surface area contributed by atoms with Crippen LogP contribution in [0.1, 0.15) is 258 Å². The second-order valence-corrected chi connectivity index (χ2v) is 16.8. The van der Waals surface area contributed by atoms with E-state index in [4.69, 9.17) is 4.74 Å².